The number of alkyl halides is 3. The van der Waals surface area contributed by atoms with Crippen LogP contribution in [0.3, 0.4) is 0 Å². The highest BCUT2D eigenvalue weighted by Gasteiger charge is 2.33. The van der Waals surface area contributed by atoms with Gasteiger partial charge < -0.3 is 10.6 Å². The Morgan fingerprint density at radius 1 is 1.00 bits per heavy atom. The van der Waals surface area contributed by atoms with Gasteiger partial charge in [0.15, 0.2) is 0 Å². The summed E-state index contributed by atoms with van der Waals surface area (Å²) in [5.41, 5.74) is -0.290. The molecule has 0 fully saturated rings. The van der Waals surface area contributed by atoms with Gasteiger partial charge in [-0.1, -0.05) is 18.5 Å². The molecule has 0 aliphatic heterocycles. The largest absolute Gasteiger partial charge is 0.417 e. The average molecular weight is 371 g/mol. The number of carbonyl (C=O) groups is 2. The highest BCUT2D eigenvalue weighted by Crippen LogP contribution is 2.36. The molecule has 4 nitrogen and oxygen atoms in total. The van der Waals surface area contributed by atoms with Crippen LogP contribution in [0.4, 0.5) is 24.5 Å². The predicted molar refractivity (Wildman–Crippen MR) is 89.8 cm³/mol. The monoisotopic (exact) mass is 370 g/mol. The molecule has 0 radical (unpaired) electrons. The van der Waals surface area contributed by atoms with Crippen LogP contribution in [-0.4, -0.2) is 11.8 Å². The Bertz CT molecular complexity index is 789. The van der Waals surface area contributed by atoms with Crippen molar-refractivity contribution < 1.29 is 22.8 Å². The standard InChI is InChI=1S/C17H14ClF3N2O2/c1-2-15(24)22-11-5-3-10(4-6-11)16(25)23-12-7-8-14(18)13(9-12)17(19,20)21/h3-9H,2H2,1H3,(H,22,24)(H,23,25). The van der Waals surface area contributed by atoms with Crippen LogP contribution in [0, 0.1) is 0 Å². The van der Waals surface area contributed by atoms with E-state index in [1.165, 1.54) is 30.3 Å². The number of nitrogens with one attached hydrogen (secondary N) is 2. The van der Waals surface area contributed by atoms with Crippen molar-refractivity contribution in [2.75, 3.05) is 10.6 Å². The minimum Gasteiger partial charge on any atom is -0.326 e. The zero-order valence-electron chi connectivity index (χ0n) is 13.1. The van der Waals surface area contributed by atoms with E-state index in [9.17, 15) is 22.8 Å². The van der Waals surface area contributed by atoms with E-state index in [1.54, 1.807) is 6.92 Å². The molecule has 8 heteroatoms. The highest BCUT2D eigenvalue weighted by atomic mass is 35.5. The summed E-state index contributed by atoms with van der Waals surface area (Å²) < 4.78 is 38.5. The van der Waals surface area contributed by atoms with E-state index in [-0.39, 0.29) is 17.2 Å². The van der Waals surface area contributed by atoms with Crippen LogP contribution in [0.15, 0.2) is 42.5 Å². The number of halogens is 4. The molecule has 0 saturated heterocycles. The number of rotatable bonds is 4. The fourth-order valence-electron chi connectivity index (χ4n) is 1.98. The maximum Gasteiger partial charge on any atom is 0.417 e. The molecule has 0 aliphatic rings. The van der Waals surface area contributed by atoms with Gasteiger partial charge >= 0.3 is 6.18 Å². The molecule has 0 atom stereocenters. The normalized spacial score (nSPS) is 11.1. The first-order valence-electron chi connectivity index (χ1n) is 7.28. The van der Waals surface area contributed by atoms with Crippen LogP contribution < -0.4 is 10.6 Å². The van der Waals surface area contributed by atoms with Crippen LogP contribution in [0.25, 0.3) is 0 Å². The molecular weight excluding hydrogens is 357 g/mol. The lowest BCUT2D eigenvalue weighted by molar-refractivity contribution is -0.137. The van der Waals surface area contributed by atoms with Gasteiger partial charge in [-0.05, 0) is 42.5 Å². The van der Waals surface area contributed by atoms with E-state index in [2.05, 4.69) is 10.6 Å². The Balaban J connectivity index is 2.13. The molecular formula is C17H14ClF3N2O2. The maximum absolute atomic E-state index is 12.8. The van der Waals surface area contributed by atoms with E-state index in [4.69, 9.17) is 11.6 Å². The average Bonchev–Trinajstić information content (AvgIpc) is 2.56. The predicted octanol–water partition coefficient (Wildman–Crippen LogP) is 4.96. The fraction of sp³-hybridized carbons (Fsp3) is 0.176. The summed E-state index contributed by atoms with van der Waals surface area (Å²) in [4.78, 5) is 23.4. The van der Waals surface area contributed by atoms with Gasteiger partial charge in [0.1, 0.15) is 0 Å². The van der Waals surface area contributed by atoms with Gasteiger partial charge in [-0.3, -0.25) is 9.59 Å². The second-order valence-corrected chi connectivity index (χ2v) is 5.53. The summed E-state index contributed by atoms with van der Waals surface area (Å²) in [5, 5.41) is 4.57. The third-order valence-corrected chi connectivity index (χ3v) is 3.61. The van der Waals surface area contributed by atoms with Gasteiger partial charge in [-0.2, -0.15) is 13.2 Å². The Kier molecular flexibility index (Phi) is 5.69. The molecule has 0 aliphatic carbocycles. The molecule has 25 heavy (non-hydrogen) atoms. The molecule has 2 aromatic carbocycles. The molecule has 2 N–H and O–H groups in total. The number of hydrogen-bond acceptors (Lipinski definition) is 2. The van der Waals surface area contributed by atoms with Crippen molar-refractivity contribution in [1.82, 2.24) is 0 Å². The van der Waals surface area contributed by atoms with Crippen molar-refractivity contribution >= 4 is 34.8 Å². The SMILES string of the molecule is CCC(=O)Nc1ccc(C(=O)Nc2ccc(Cl)c(C(F)(F)F)c2)cc1. The summed E-state index contributed by atoms with van der Waals surface area (Å²) in [6, 6.07) is 9.12. The number of anilines is 2. The van der Waals surface area contributed by atoms with Crippen LogP contribution in [-0.2, 0) is 11.0 Å². The first-order chi connectivity index (χ1) is 11.7. The molecule has 0 spiro atoms. The van der Waals surface area contributed by atoms with Gasteiger partial charge in [0, 0.05) is 23.4 Å². The molecule has 2 aromatic rings. The first kappa shape index (κ1) is 18.8. The second kappa shape index (κ2) is 7.57. The molecule has 0 unspecified atom stereocenters. The summed E-state index contributed by atoms with van der Waals surface area (Å²) >= 11 is 5.54. The number of benzene rings is 2. The Morgan fingerprint density at radius 3 is 2.16 bits per heavy atom. The molecule has 0 aromatic heterocycles. The Hall–Kier alpha value is -2.54. The lowest BCUT2D eigenvalue weighted by Gasteiger charge is -2.12. The topological polar surface area (TPSA) is 58.2 Å². The minimum atomic E-state index is -4.61. The van der Waals surface area contributed by atoms with E-state index >= 15 is 0 Å². The van der Waals surface area contributed by atoms with Gasteiger partial charge in [0.05, 0.1) is 10.6 Å². The highest BCUT2D eigenvalue weighted by molar-refractivity contribution is 6.31. The summed E-state index contributed by atoms with van der Waals surface area (Å²) in [6.45, 7) is 1.71. The van der Waals surface area contributed by atoms with Crippen LogP contribution in [0.1, 0.15) is 29.3 Å². The van der Waals surface area contributed by atoms with E-state index < -0.39 is 22.7 Å². The molecule has 2 rings (SSSR count). The molecule has 0 heterocycles. The summed E-state index contributed by atoms with van der Waals surface area (Å²) in [5.74, 6) is -0.748. The van der Waals surface area contributed by atoms with Crippen LogP contribution in [0.5, 0.6) is 0 Å². The Labute approximate surface area is 147 Å². The van der Waals surface area contributed by atoms with Crippen molar-refractivity contribution in [2.24, 2.45) is 0 Å². The zero-order valence-corrected chi connectivity index (χ0v) is 13.8. The maximum atomic E-state index is 12.8. The zero-order chi connectivity index (χ0) is 18.6. The molecule has 2 amide bonds. The fourth-order valence-corrected chi connectivity index (χ4v) is 2.20. The lowest BCUT2D eigenvalue weighted by atomic mass is 10.1. The van der Waals surface area contributed by atoms with Gasteiger partial charge in [0.2, 0.25) is 5.91 Å². The minimum absolute atomic E-state index is 0.0231. The van der Waals surface area contributed by atoms with Crippen LogP contribution >= 0.6 is 11.6 Å². The van der Waals surface area contributed by atoms with Crippen molar-refractivity contribution in [3.63, 3.8) is 0 Å². The molecule has 132 valence electrons. The van der Waals surface area contributed by atoms with Crippen molar-refractivity contribution in [3.8, 4) is 0 Å². The number of amides is 2. The van der Waals surface area contributed by atoms with E-state index in [1.807, 2.05) is 0 Å². The first-order valence-corrected chi connectivity index (χ1v) is 7.66. The third kappa shape index (κ3) is 4.96. The molecule has 0 saturated carbocycles. The summed E-state index contributed by atoms with van der Waals surface area (Å²) in [7, 11) is 0. The van der Waals surface area contributed by atoms with Crippen molar-refractivity contribution in [1.29, 1.82) is 0 Å². The molecule has 0 bridgehead atoms. The smallest absolute Gasteiger partial charge is 0.326 e. The summed E-state index contributed by atoms with van der Waals surface area (Å²) in [6.07, 6.45) is -4.29. The van der Waals surface area contributed by atoms with Gasteiger partial charge in [-0.25, -0.2) is 0 Å². The van der Waals surface area contributed by atoms with Gasteiger partial charge in [-0.15, -0.1) is 0 Å². The third-order valence-electron chi connectivity index (χ3n) is 3.28. The van der Waals surface area contributed by atoms with Crippen molar-refractivity contribution in [2.45, 2.75) is 19.5 Å². The number of carbonyl (C=O) groups excluding carboxylic acids is 2. The quantitative estimate of drug-likeness (QED) is 0.799. The Morgan fingerprint density at radius 2 is 1.60 bits per heavy atom. The van der Waals surface area contributed by atoms with Gasteiger partial charge in [0.25, 0.3) is 5.91 Å². The second-order valence-electron chi connectivity index (χ2n) is 5.13. The van der Waals surface area contributed by atoms with E-state index in [0.29, 0.717) is 12.1 Å². The lowest BCUT2D eigenvalue weighted by Crippen LogP contribution is -2.14. The van der Waals surface area contributed by atoms with Crippen LogP contribution in [0.2, 0.25) is 5.02 Å². The van der Waals surface area contributed by atoms with Crippen molar-refractivity contribution in [3.05, 3.63) is 58.6 Å². The number of hydrogen-bond donors (Lipinski definition) is 2. The van der Waals surface area contributed by atoms with E-state index in [0.717, 1.165) is 12.1 Å².